The van der Waals surface area contributed by atoms with Crippen molar-refractivity contribution >= 4 is 16.0 Å². The van der Waals surface area contributed by atoms with E-state index in [4.69, 9.17) is 9.84 Å². The summed E-state index contributed by atoms with van der Waals surface area (Å²) >= 11 is 0. The number of rotatable bonds is 7. The third kappa shape index (κ3) is 6.81. The lowest BCUT2D eigenvalue weighted by atomic mass is 10.4. The van der Waals surface area contributed by atoms with E-state index in [0.717, 1.165) is 0 Å². The van der Waals surface area contributed by atoms with Crippen LogP contribution in [0.1, 0.15) is 13.8 Å². The summed E-state index contributed by atoms with van der Waals surface area (Å²) in [6.07, 6.45) is 0. The van der Waals surface area contributed by atoms with Crippen molar-refractivity contribution in [2.45, 2.75) is 19.9 Å². The molecule has 0 fully saturated rings. The van der Waals surface area contributed by atoms with E-state index in [2.05, 4.69) is 4.72 Å². The lowest BCUT2D eigenvalue weighted by molar-refractivity contribution is -0.134. The molecule has 0 aromatic heterocycles. The highest BCUT2D eigenvalue weighted by molar-refractivity contribution is 7.90. The van der Waals surface area contributed by atoms with Crippen LogP contribution in [0.25, 0.3) is 0 Å². The summed E-state index contributed by atoms with van der Waals surface area (Å²) in [5.41, 5.74) is 0. The first-order valence-corrected chi connectivity index (χ1v) is 5.82. The number of nitrogens with one attached hydrogen (secondary N) is 1. The first kappa shape index (κ1) is 13.3. The summed E-state index contributed by atoms with van der Waals surface area (Å²) in [6, 6.07) is -0.417. The third-order valence-corrected chi connectivity index (χ3v) is 2.65. The number of hydrogen-bond acceptors (Lipinski definition) is 4. The van der Waals surface area contributed by atoms with E-state index in [-0.39, 0.29) is 6.61 Å². The average molecular weight is 225 g/mol. The Labute approximate surface area is 83.3 Å². The van der Waals surface area contributed by atoms with Gasteiger partial charge in [-0.15, -0.1) is 0 Å². The van der Waals surface area contributed by atoms with Crippen molar-refractivity contribution in [1.29, 1.82) is 0 Å². The van der Waals surface area contributed by atoms with Gasteiger partial charge in [-0.1, -0.05) is 0 Å². The standard InChI is InChI=1S/C7H15NO5S/c1-3-13-4-6(2)8-14(11,12)5-7(9)10/h6,8H,3-5H2,1-2H3,(H,9,10). The van der Waals surface area contributed by atoms with Gasteiger partial charge in [-0.2, -0.15) is 0 Å². The Morgan fingerprint density at radius 1 is 1.57 bits per heavy atom. The number of carboxylic acids is 1. The van der Waals surface area contributed by atoms with Gasteiger partial charge in [0.05, 0.1) is 6.61 Å². The second kappa shape index (κ2) is 5.94. The fraction of sp³-hybridized carbons (Fsp3) is 0.857. The predicted octanol–water partition coefficient (Wildman–Crippen LogP) is -0.585. The van der Waals surface area contributed by atoms with Gasteiger partial charge in [0.1, 0.15) is 0 Å². The molecular formula is C7H15NO5S. The first-order valence-electron chi connectivity index (χ1n) is 4.17. The van der Waals surface area contributed by atoms with Crippen molar-refractivity contribution in [1.82, 2.24) is 4.72 Å². The second-order valence-corrected chi connectivity index (χ2v) is 4.59. The van der Waals surface area contributed by atoms with Crippen molar-refractivity contribution in [3.05, 3.63) is 0 Å². The maximum Gasteiger partial charge on any atom is 0.320 e. The Morgan fingerprint density at radius 2 is 2.14 bits per heavy atom. The molecule has 1 unspecified atom stereocenters. The van der Waals surface area contributed by atoms with E-state index >= 15 is 0 Å². The normalized spacial score (nSPS) is 13.9. The highest BCUT2D eigenvalue weighted by Gasteiger charge is 2.17. The number of carboxylic acid groups (broad SMARTS) is 1. The Balaban J connectivity index is 4.02. The van der Waals surface area contributed by atoms with Crippen LogP contribution in [0.5, 0.6) is 0 Å². The molecule has 0 bridgehead atoms. The van der Waals surface area contributed by atoms with Crippen LogP contribution in [-0.4, -0.2) is 44.5 Å². The summed E-state index contributed by atoms with van der Waals surface area (Å²) in [5, 5.41) is 8.29. The number of sulfonamides is 1. The summed E-state index contributed by atoms with van der Waals surface area (Å²) in [7, 11) is -3.74. The van der Waals surface area contributed by atoms with Crippen LogP contribution in [0.4, 0.5) is 0 Å². The molecule has 0 aromatic rings. The van der Waals surface area contributed by atoms with Crippen LogP contribution in [0.2, 0.25) is 0 Å². The topological polar surface area (TPSA) is 92.7 Å². The van der Waals surface area contributed by atoms with Crippen molar-refractivity contribution in [3.63, 3.8) is 0 Å². The maximum absolute atomic E-state index is 11.1. The first-order chi connectivity index (χ1) is 6.37. The molecule has 0 aliphatic heterocycles. The largest absolute Gasteiger partial charge is 0.480 e. The highest BCUT2D eigenvalue weighted by atomic mass is 32.2. The molecule has 0 saturated heterocycles. The zero-order valence-corrected chi connectivity index (χ0v) is 9.00. The number of ether oxygens (including phenoxy) is 1. The van der Waals surface area contributed by atoms with Gasteiger partial charge in [-0.3, -0.25) is 4.79 Å². The molecule has 0 aliphatic rings. The lowest BCUT2D eigenvalue weighted by Gasteiger charge is -2.12. The molecule has 0 saturated carbocycles. The van der Waals surface area contributed by atoms with E-state index in [9.17, 15) is 13.2 Å². The van der Waals surface area contributed by atoms with Gasteiger partial charge in [0.2, 0.25) is 10.0 Å². The van der Waals surface area contributed by atoms with Gasteiger partial charge >= 0.3 is 5.97 Å². The lowest BCUT2D eigenvalue weighted by Crippen LogP contribution is -2.39. The molecule has 0 spiro atoms. The highest BCUT2D eigenvalue weighted by Crippen LogP contribution is 1.91. The van der Waals surface area contributed by atoms with E-state index in [1.54, 1.807) is 13.8 Å². The Hall–Kier alpha value is -0.660. The molecule has 14 heavy (non-hydrogen) atoms. The van der Waals surface area contributed by atoms with Crippen molar-refractivity contribution in [2.75, 3.05) is 19.0 Å². The maximum atomic E-state index is 11.1. The minimum Gasteiger partial charge on any atom is -0.480 e. The van der Waals surface area contributed by atoms with Gasteiger partial charge in [0.25, 0.3) is 0 Å². The molecular weight excluding hydrogens is 210 g/mol. The third-order valence-electron chi connectivity index (χ3n) is 1.27. The summed E-state index contributed by atoms with van der Waals surface area (Å²) in [6.45, 7) is 4.12. The van der Waals surface area contributed by atoms with Crippen LogP contribution < -0.4 is 4.72 Å². The summed E-state index contributed by atoms with van der Waals surface area (Å²) in [5.74, 6) is -2.29. The number of carbonyl (C=O) groups is 1. The van der Waals surface area contributed by atoms with Gasteiger partial charge in [-0.25, -0.2) is 13.1 Å². The molecule has 1 atom stereocenters. The molecule has 0 aromatic carbocycles. The molecule has 0 radical (unpaired) electrons. The van der Waals surface area contributed by atoms with Crippen molar-refractivity contribution in [3.8, 4) is 0 Å². The van der Waals surface area contributed by atoms with Crippen LogP contribution >= 0.6 is 0 Å². The monoisotopic (exact) mass is 225 g/mol. The van der Waals surface area contributed by atoms with Gasteiger partial charge < -0.3 is 9.84 Å². The average Bonchev–Trinajstić information content (AvgIpc) is 1.96. The molecule has 2 N–H and O–H groups in total. The Bertz CT molecular complexity index is 274. The van der Waals surface area contributed by atoms with E-state index in [1.165, 1.54) is 0 Å². The summed E-state index contributed by atoms with van der Waals surface area (Å²) < 4.78 is 29.3. The van der Waals surface area contributed by atoms with Crippen LogP contribution in [0, 0.1) is 0 Å². The number of hydrogen-bond donors (Lipinski definition) is 2. The van der Waals surface area contributed by atoms with Crippen LogP contribution in [0.3, 0.4) is 0 Å². The molecule has 6 nitrogen and oxygen atoms in total. The van der Waals surface area contributed by atoms with E-state index in [1.807, 2.05) is 0 Å². The zero-order chi connectivity index (χ0) is 11.2. The predicted molar refractivity (Wildman–Crippen MR) is 50.5 cm³/mol. The molecule has 0 aliphatic carbocycles. The molecule has 7 heteroatoms. The second-order valence-electron chi connectivity index (χ2n) is 2.83. The minimum absolute atomic E-state index is 0.231. The molecule has 0 rings (SSSR count). The van der Waals surface area contributed by atoms with Crippen LogP contribution in [-0.2, 0) is 19.6 Å². The zero-order valence-electron chi connectivity index (χ0n) is 8.19. The van der Waals surface area contributed by atoms with Crippen molar-refractivity contribution in [2.24, 2.45) is 0 Å². The fourth-order valence-electron chi connectivity index (χ4n) is 0.839. The van der Waals surface area contributed by atoms with Crippen molar-refractivity contribution < 1.29 is 23.1 Å². The molecule has 84 valence electrons. The fourth-order valence-corrected chi connectivity index (χ4v) is 1.93. The van der Waals surface area contributed by atoms with Crippen LogP contribution in [0.15, 0.2) is 0 Å². The Kier molecular flexibility index (Phi) is 5.66. The number of aliphatic carboxylic acids is 1. The summed E-state index contributed by atoms with van der Waals surface area (Å²) in [4.78, 5) is 10.2. The van der Waals surface area contributed by atoms with E-state index < -0.39 is 27.8 Å². The smallest absolute Gasteiger partial charge is 0.320 e. The SMILES string of the molecule is CCOCC(C)NS(=O)(=O)CC(=O)O. The van der Waals surface area contributed by atoms with E-state index in [0.29, 0.717) is 6.61 Å². The Morgan fingerprint density at radius 3 is 2.57 bits per heavy atom. The van der Waals surface area contributed by atoms with Gasteiger partial charge in [0.15, 0.2) is 5.75 Å². The quantitative estimate of drug-likeness (QED) is 0.604. The minimum atomic E-state index is -3.74. The van der Waals surface area contributed by atoms with Gasteiger partial charge in [0, 0.05) is 12.6 Å². The molecule has 0 amide bonds. The van der Waals surface area contributed by atoms with Gasteiger partial charge in [-0.05, 0) is 13.8 Å². The molecule has 0 heterocycles.